The summed E-state index contributed by atoms with van der Waals surface area (Å²) in [5, 5.41) is 3.32. The second kappa shape index (κ2) is 5.01. The quantitative estimate of drug-likeness (QED) is 0.702. The molecule has 0 atom stereocenters. The van der Waals surface area contributed by atoms with Gasteiger partial charge in [-0.15, -0.1) is 0 Å². The SMILES string of the molecule is NC(=O)C1(N2CCNCC2)CCC2(CC1)OCCO2. The predicted molar refractivity (Wildman–Crippen MR) is 69.5 cm³/mol. The Morgan fingerprint density at radius 1 is 1.05 bits per heavy atom. The van der Waals surface area contributed by atoms with Crippen LogP contribution in [0, 0.1) is 0 Å². The van der Waals surface area contributed by atoms with Crippen molar-refractivity contribution in [2.24, 2.45) is 5.73 Å². The number of hydrogen-bond donors (Lipinski definition) is 2. The first-order chi connectivity index (χ1) is 9.17. The summed E-state index contributed by atoms with van der Waals surface area (Å²) in [6.45, 7) is 4.95. The van der Waals surface area contributed by atoms with E-state index in [1.165, 1.54) is 0 Å². The zero-order valence-electron chi connectivity index (χ0n) is 11.3. The molecule has 0 aromatic heterocycles. The highest BCUT2D eigenvalue weighted by Crippen LogP contribution is 2.42. The highest BCUT2D eigenvalue weighted by Gasteiger charge is 2.51. The molecule has 1 saturated carbocycles. The minimum atomic E-state index is -0.497. The minimum Gasteiger partial charge on any atom is -0.368 e. The van der Waals surface area contributed by atoms with Gasteiger partial charge < -0.3 is 20.5 Å². The number of piperazine rings is 1. The summed E-state index contributed by atoms with van der Waals surface area (Å²) in [5.41, 5.74) is 5.24. The standard InChI is InChI=1S/C13H23N3O3/c14-11(17)12(16-7-5-15-6-8-16)1-3-13(4-2-12)18-9-10-19-13/h15H,1-10H2,(H2,14,17). The number of carbonyl (C=O) groups is 1. The van der Waals surface area contributed by atoms with Gasteiger partial charge in [-0.05, 0) is 12.8 Å². The van der Waals surface area contributed by atoms with Gasteiger partial charge in [0.2, 0.25) is 5.91 Å². The summed E-state index contributed by atoms with van der Waals surface area (Å²) >= 11 is 0. The molecule has 2 heterocycles. The molecule has 0 unspecified atom stereocenters. The monoisotopic (exact) mass is 269 g/mol. The highest BCUT2D eigenvalue weighted by molar-refractivity contribution is 5.84. The van der Waals surface area contributed by atoms with Crippen LogP contribution in [0.3, 0.4) is 0 Å². The first-order valence-electron chi connectivity index (χ1n) is 7.21. The van der Waals surface area contributed by atoms with Crippen LogP contribution in [-0.4, -0.2) is 61.5 Å². The summed E-state index contributed by atoms with van der Waals surface area (Å²) in [5.74, 6) is -0.630. The Hall–Kier alpha value is -0.690. The molecule has 19 heavy (non-hydrogen) atoms. The third kappa shape index (κ3) is 2.27. The molecule has 3 rings (SSSR count). The lowest BCUT2D eigenvalue weighted by atomic mass is 9.76. The Morgan fingerprint density at radius 2 is 1.63 bits per heavy atom. The number of hydrogen-bond acceptors (Lipinski definition) is 5. The topological polar surface area (TPSA) is 76.8 Å². The largest absolute Gasteiger partial charge is 0.368 e. The van der Waals surface area contributed by atoms with Gasteiger partial charge in [0.25, 0.3) is 0 Å². The third-order valence-electron chi connectivity index (χ3n) is 4.83. The molecule has 1 spiro atoms. The van der Waals surface area contributed by atoms with Gasteiger partial charge in [0.15, 0.2) is 5.79 Å². The molecule has 0 bridgehead atoms. The average Bonchev–Trinajstić information content (AvgIpc) is 2.89. The van der Waals surface area contributed by atoms with Gasteiger partial charge in [0.1, 0.15) is 5.54 Å². The number of nitrogens with zero attached hydrogens (tertiary/aromatic N) is 1. The van der Waals surface area contributed by atoms with E-state index >= 15 is 0 Å². The first kappa shape index (κ1) is 13.3. The molecule has 0 aromatic carbocycles. The molecule has 0 radical (unpaired) electrons. The summed E-state index contributed by atoms with van der Waals surface area (Å²) in [4.78, 5) is 14.3. The van der Waals surface area contributed by atoms with Crippen molar-refractivity contribution in [2.75, 3.05) is 39.4 Å². The number of carbonyl (C=O) groups excluding carboxylic acids is 1. The molecule has 108 valence electrons. The second-order valence-electron chi connectivity index (χ2n) is 5.74. The number of nitrogens with two attached hydrogens (primary N) is 1. The van der Waals surface area contributed by atoms with Crippen LogP contribution in [0.4, 0.5) is 0 Å². The van der Waals surface area contributed by atoms with Crippen LogP contribution in [-0.2, 0) is 14.3 Å². The lowest BCUT2D eigenvalue weighted by Crippen LogP contribution is -2.64. The molecule has 3 fully saturated rings. The van der Waals surface area contributed by atoms with E-state index in [0.29, 0.717) is 13.2 Å². The van der Waals surface area contributed by atoms with E-state index in [0.717, 1.165) is 51.9 Å². The van der Waals surface area contributed by atoms with Crippen LogP contribution in [0.2, 0.25) is 0 Å². The highest BCUT2D eigenvalue weighted by atomic mass is 16.7. The number of nitrogens with one attached hydrogen (secondary N) is 1. The van der Waals surface area contributed by atoms with Crippen LogP contribution in [0.25, 0.3) is 0 Å². The fourth-order valence-electron chi connectivity index (χ4n) is 3.64. The summed E-state index contributed by atoms with van der Waals surface area (Å²) < 4.78 is 11.5. The Morgan fingerprint density at radius 3 is 2.16 bits per heavy atom. The minimum absolute atomic E-state index is 0.192. The third-order valence-corrected chi connectivity index (χ3v) is 4.83. The maximum Gasteiger partial charge on any atom is 0.237 e. The van der Waals surface area contributed by atoms with Gasteiger partial charge in [-0.3, -0.25) is 9.69 Å². The maximum atomic E-state index is 12.1. The zero-order valence-corrected chi connectivity index (χ0v) is 11.3. The number of primary amides is 1. The fourth-order valence-corrected chi connectivity index (χ4v) is 3.64. The number of amides is 1. The van der Waals surface area contributed by atoms with Crippen LogP contribution >= 0.6 is 0 Å². The van der Waals surface area contributed by atoms with E-state index in [9.17, 15) is 4.79 Å². The van der Waals surface area contributed by atoms with Gasteiger partial charge in [-0.25, -0.2) is 0 Å². The van der Waals surface area contributed by atoms with Gasteiger partial charge in [0, 0.05) is 39.0 Å². The second-order valence-corrected chi connectivity index (χ2v) is 5.74. The van der Waals surface area contributed by atoms with Gasteiger partial charge in [-0.1, -0.05) is 0 Å². The first-order valence-corrected chi connectivity index (χ1v) is 7.21. The molecule has 3 aliphatic rings. The average molecular weight is 269 g/mol. The zero-order chi connectivity index (χ0) is 13.3. The van der Waals surface area contributed by atoms with Gasteiger partial charge >= 0.3 is 0 Å². The fraction of sp³-hybridized carbons (Fsp3) is 0.923. The van der Waals surface area contributed by atoms with E-state index < -0.39 is 11.3 Å². The Bertz CT molecular complexity index is 339. The smallest absolute Gasteiger partial charge is 0.237 e. The Balaban J connectivity index is 1.74. The normalized spacial score (nSPS) is 30.5. The van der Waals surface area contributed by atoms with Crippen LogP contribution < -0.4 is 11.1 Å². The maximum absolute atomic E-state index is 12.1. The molecule has 2 aliphatic heterocycles. The summed E-state index contributed by atoms with van der Waals surface area (Å²) in [7, 11) is 0. The molecule has 0 aromatic rings. The summed E-state index contributed by atoms with van der Waals surface area (Å²) in [6, 6.07) is 0. The van der Waals surface area contributed by atoms with E-state index in [4.69, 9.17) is 15.2 Å². The van der Waals surface area contributed by atoms with Crippen molar-refractivity contribution in [1.82, 2.24) is 10.2 Å². The van der Waals surface area contributed by atoms with E-state index in [2.05, 4.69) is 10.2 Å². The van der Waals surface area contributed by atoms with Crippen LogP contribution in [0.5, 0.6) is 0 Å². The lowest BCUT2D eigenvalue weighted by molar-refractivity contribution is -0.195. The molecule has 2 saturated heterocycles. The van der Waals surface area contributed by atoms with Gasteiger partial charge in [-0.2, -0.15) is 0 Å². The molecular weight excluding hydrogens is 246 g/mol. The van der Waals surface area contributed by atoms with E-state index in [-0.39, 0.29) is 5.91 Å². The van der Waals surface area contributed by atoms with Gasteiger partial charge in [0.05, 0.1) is 13.2 Å². The lowest BCUT2D eigenvalue weighted by Gasteiger charge is -2.49. The van der Waals surface area contributed by atoms with Crippen molar-refractivity contribution in [2.45, 2.75) is 37.0 Å². The molecule has 1 amide bonds. The van der Waals surface area contributed by atoms with E-state index in [1.54, 1.807) is 0 Å². The van der Waals surface area contributed by atoms with Crippen molar-refractivity contribution in [3.63, 3.8) is 0 Å². The van der Waals surface area contributed by atoms with Crippen molar-refractivity contribution in [3.05, 3.63) is 0 Å². The molecule has 6 nitrogen and oxygen atoms in total. The van der Waals surface area contributed by atoms with Crippen LogP contribution in [0.1, 0.15) is 25.7 Å². The van der Waals surface area contributed by atoms with Crippen molar-refractivity contribution in [1.29, 1.82) is 0 Å². The molecular formula is C13H23N3O3. The van der Waals surface area contributed by atoms with E-state index in [1.807, 2.05) is 0 Å². The summed E-state index contributed by atoms with van der Waals surface area (Å²) in [6.07, 6.45) is 3.00. The molecule has 6 heteroatoms. The van der Waals surface area contributed by atoms with Crippen molar-refractivity contribution < 1.29 is 14.3 Å². The van der Waals surface area contributed by atoms with Crippen molar-refractivity contribution >= 4 is 5.91 Å². The number of rotatable bonds is 2. The van der Waals surface area contributed by atoms with Crippen molar-refractivity contribution in [3.8, 4) is 0 Å². The Kier molecular flexibility index (Phi) is 3.51. The Labute approximate surface area is 113 Å². The van der Waals surface area contributed by atoms with Crippen LogP contribution in [0.15, 0.2) is 0 Å². The molecule has 3 N–H and O–H groups in total. The number of ether oxygens (including phenoxy) is 2. The predicted octanol–water partition coefficient (Wildman–Crippen LogP) is -0.567. The molecule has 1 aliphatic carbocycles.